The van der Waals surface area contributed by atoms with Crippen molar-refractivity contribution in [2.75, 3.05) is 19.8 Å². The van der Waals surface area contributed by atoms with Crippen LogP contribution in [0.3, 0.4) is 0 Å². The van der Waals surface area contributed by atoms with Gasteiger partial charge in [-0.25, -0.2) is 0 Å². The van der Waals surface area contributed by atoms with Gasteiger partial charge < -0.3 is 13.9 Å². The van der Waals surface area contributed by atoms with Gasteiger partial charge in [-0.3, -0.25) is 0 Å². The van der Waals surface area contributed by atoms with Crippen LogP contribution in [-0.2, 0) is 13.9 Å². The molecule has 0 unspecified atom stereocenters. The summed E-state index contributed by atoms with van der Waals surface area (Å²) in [6.07, 6.45) is 0. The minimum Gasteiger partial charge on any atom is -0.418 e. The van der Waals surface area contributed by atoms with E-state index in [1.807, 2.05) is 6.92 Å². The maximum absolute atomic E-state index is 5.21. The summed E-state index contributed by atoms with van der Waals surface area (Å²) in [6.45, 7) is 4.26. The smallest absolute Gasteiger partial charge is 0.223 e. The van der Waals surface area contributed by atoms with Gasteiger partial charge in [-0.05, 0) is 6.92 Å². The van der Waals surface area contributed by atoms with Gasteiger partial charge in [0, 0.05) is 6.61 Å². The van der Waals surface area contributed by atoms with E-state index in [0.717, 1.165) is 19.8 Å². The Bertz CT molecular complexity index is 72.6. The van der Waals surface area contributed by atoms with Crippen LogP contribution >= 0.6 is 0 Å². The number of ether oxygens (including phenoxy) is 2. The molecule has 0 N–H and O–H groups in total. The van der Waals surface area contributed by atoms with Crippen molar-refractivity contribution >= 4 is 9.76 Å². The third kappa shape index (κ3) is 2.44. The summed E-state index contributed by atoms with van der Waals surface area (Å²) in [7, 11) is -0.557. The molecule has 3 nitrogen and oxygen atoms in total. The Morgan fingerprint density at radius 2 is 2.22 bits per heavy atom. The molecule has 1 aliphatic rings. The lowest BCUT2D eigenvalue weighted by molar-refractivity contribution is 0.0123. The highest BCUT2D eigenvalue weighted by Crippen LogP contribution is 2.00. The second kappa shape index (κ2) is 4.00. The average molecular weight is 148 g/mol. The summed E-state index contributed by atoms with van der Waals surface area (Å²) in [6, 6.07) is 0. The number of hydrogen-bond donors (Lipinski definition) is 0. The van der Waals surface area contributed by atoms with Crippen molar-refractivity contribution in [3.8, 4) is 0 Å². The van der Waals surface area contributed by atoms with Crippen LogP contribution in [-0.4, -0.2) is 35.5 Å². The largest absolute Gasteiger partial charge is 0.418 e. The minimum atomic E-state index is -0.557. The van der Waals surface area contributed by atoms with Crippen LogP contribution in [0.5, 0.6) is 0 Å². The Hall–Kier alpha value is 0.0969. The third-order valence-electron chi connectivity index (χ3n) is 1.15. The molecule has 0 aromatic carbocycles. The highest BCUT2D eigenvalue weighted by Gasteiger charge is 2.15. The molecule has 1 aliphatic heterocycles. The molecule has 0 radical (unpaired) electrons. The maximum Gasteiger partial charge on any atom is 0.223 e. The van der Waals surface area contributed by atoms with Crippen molar-refractivity contribution in [1.82, 2.24) is 0 Å². The topological polar surface area (TPSA) is 27.7 Å². The lowest BCUT2D eigenvalue weighted by atomic mass is 10.8. The van der Waals surface area contributed by atoms with E-state index in [1.54, 1.807) is 0 Å². The maximum atomic E-state index is 5.21. The Balaban J connectivity index is 1.98. The molecule has 0 aromatic heterocycles. The Morgan fingerprint density at radius 3 is 2.78 bits per heavy atom. The Kier molecular flexibility index (Phi) is 3.20. The summed E-state index contributed by atoms with van der Waals surface area (Å²) >= 11 is 0. The van der Waals surface area contributed by atoms with Crippen molar-refractivity contribution in [3.05, 3.63) is 0 Å². The molecule has 54 valence electrons. The fraction of sp³-hybridized carbons (Fsp3) is 1.00. The van der Waals surface area contributed by atoms with E-state index in [4.69, 9.17) is 13.9 Å². The lowest BCUT2D eigenvalue weighted by Crippen LogP contribution is -2.19. The predicted molar refractivity (Wildman–Crippen MR) is 35.9 cm³/mol. The first-order valence-electron chi connectivity index (χ1n) is 3.24. The summed E-state index contributed by atoms with van der Waals surface area (Å²) in [5, 5.41) is 0. The van der Waals surface area contributed by atoms with Crippen molar-refractivity contribution in [1.29, 1.82) is 0 Å². The van der Waals surface area contributed by atoms with Crippen LogP contribution in [0.15, 0.2) is 0 Å². The zero-order valence-electron chi connectivity index (χ0n) is 5.63. The minimum absolute atomic E-state index is 0.0324. The van der Waals surface area contributed by atoms with Crippen LogP contribution < -0.4 is 0 Å². The first-order valence-corrected chi connectivity index (χ1v) is 4.64. The molecule has 0 atom stereocenters. The molecule has 1 fully saturated rings. The Labute approximate surface area is 57.2 Å². The average Bonchev–Trinajstić information content (AvgIpc) is 2.34. The van der Waals surface area contributed by atoms with Gasteiger partial charge in [-0.1, -0.05) is 0 Å². The zero-order chi connectivity index (χ0) is 6.53. The summed E-state index contributed by atoms with van der Waals surface area (Å²) in [5.41, 5.74) is 0. The molecule has 0 amide bonds. The van der Waals surface area contributed by atoms with Gasteiger partial charge in [-0.15, -0.1) is 0 Å². The van der Waals surface area contributed by atoms with Crippen molar-refractivity contribution in [3.63, 3.8) is 0 Å². The monoisotopic (exact) mass is 148 g/mol. The van der Waals surface area contributed by atoms with E-state index in [9.17, 15) is 0 Å². The first-order chi connectivity index (χ1) is 4.43. The van der Waals surface area contributed by atoms with Gasteiger partial charge in [0.15, 0.2) is 5.91 Å². The second-order valence-corrected chi connectivity index (χ2v) is 3.24. The summed E-state index contributed by atoms with van der Waals surface area (Å²) < 4.78 is 15.5. The molecule has 1 heterocycles. The first kappa shape index (κ1) is 7.21. The summed E-state index contributed by atoms with van der Waals surface area (Å²) in [5.74, 6) is 0.0324. The fourth-order valence-corrected chi connectivity index (χ4v) is 1.67. The molecule has 0 saturated carbocycles. The van der Waals surface area contributed by atoms with Gasteiger partial charge in [0.2, 0.25) is 9.76 Å². The molecule has 1 rings (SSSR count). The quantitative estimate of drug-likeness (QED) is 0.502. The van der Waals surface area contributed by atoms with Gasteiger partial charge in [-0.2, -0.15) is 0 Å². The van der Waals surface area contributed by atoms with E-state index < -0.39 is 9.76 Å². The van der Waals surface area contributed by atoms with Crippen molar-refractivity contribution in [2.45, 2.75) is 12.8 Å². The molecule has 0 aromatic rings. The highest BCUT2D eigenvalue weighted by molar-refractivity contribution is 6.28. The lowest BCUT2D eigenvalue weighted by Gasteiger charge is -2.06. The number of rotatable bonds is 3. The normalized spacial score (nSPS) is 22.3. The van der Waals surface area contributed by atoms with E-state index >= 15 is 0 Å². The molecule has 0 spiro atoms. The predicted octanol–water partition coefficient (Wildman–Crippen LogP) is -0.563. The van der Waals surface area contributed by atoms with Crippen molar-refractivity contribution in [2.24, 2.45) is 0 Å². The van der Waals surface area contributed by atoms with Gasteiger partial charge in [0.1, 0.15) is 0 Å². The van der Waals surface area contributed by atoms with Crippen LogP contribution in [0.25, 0.3) is 0 Å². The summed E-state index contributed by atoms with van der Waals surface area (Å²) in [4.78, 5) is 0. The molecule has 4 heteroatoms. The van der Waals surface area contributed by atoms with Crippen LogP contribution in [0, 0.1) is 0 Å². The van der Waals surface area contributed by atoms with Crippen LogP contribution in [0.1, 0.15) is 6.92 Å². The molecular weight excluding hydrogens is 136 g/mol. The van der Waals surface area contributed by atoms with E-state index in [1.165, 1.54) is 0 Å². The van der Waals surface area contributed by atoms with Gasteiger partial charge in [0.25, 0.3) is 0 Å². The zero-order valence-corrected chi connectivity index (χ0v) is 7.04. The second-order valence-electron chi connectivity index (χ2n) is 1.83. The van der Waals surface area contributed by atoms with Crippen LogP contribution in [0.4, 0.5) is 0 Å². The number of hydrogen-bond acceptors (Lipinski definition) is 3. The van der Waals surface area contributed by atoms with E-state index in [0.29, 0.717) is 0 Å². The molecule has 9 heavy (non-hydrogen) atoms. The Morgan fingerprint density at radius 1 is 1.56 bits per heavy atom. The van der Waals surface area contributed by atoms with Gasteiger partial charge >= 0.3 is 0 Å². The van der Waals surface area contributed by atoms with E-state index in [2.05, 4.69) is 0 Å². The fourth-order valence-electron chi connectivity index (χ4n) is 0.718. The van der Waals surface area contributed by atoms with Gasteiger partial charge in [0.05, 0.1) is 13.2 Å². The third-order valence-corrected chi connectivity index (χ3v) is 2.54. The molecular formula is C5H12O3Si. The SMILES string of the molecule is CCO[SiH2]C1OCCO1. The van der Waals surface area contributed by atoms with E-state index in [-0.39, 0.29) is 5.91 Å². The van der Waals surface area contributed by atoms with Crippen LogP contribution in [0.2, 0.25) is 0 Å². The molecule has 0 aliphatic carbocycles. The highest BCUT2D eigenvalue weighted by atomic mass is 28.2. The molecule has 0 bridgehead atoms. The van der Waals surface area contributed by atoms with Crippen molar-refractivity contribution < 1.29 is 13.9 Å². The molecule has 1 saturated heterocycles. The standard InChI is InChI=1S/C5H12O3Si/c1-2-8-9-5-6-3-4-7-5/h5H,2-4,9H2,1H3.